The summed E-state index contributed by atoms with van der Waals surface area (Å²) < 4.78 is 23.2. The fraction of sp³-hybridized carbons (Fsp3) is 0.500. The zero-order valence-electron chi connectivity index (χ0n) is 10.0. The first-order valence-electron chi connectivity index (χ1n) is 5.65. The number of rotatable bonds is 2. The molecule has 1 aromatic carbocycles. The SMILES string of the molecule is Cc1cc(S(C)(=O)=O)cc(N2CCCC2)c1Cl. The summed E-state index contributed by atoms with van der Waals surface area (Å²) in [5.74, 6) is 0. The van der Waals surface area contributed by atoms with Crippen LogP contribution in [0.15, 0.2) is 17.0 Å². The Morgan fingerprint density at radius 1 is 1.24 bits per heavy atom. The third kappa shape index (κ3) is 2.58. The summed E-state index contributed by atoms with van der Waals surface area (Å²) in [4.78, 5) is 2.51. The molecule has 0 bridgehead atoms. The predicted octanol–water partition coefficient (Wildman–Crippen LogP) is 2.65. The molecule has 0 amide bonds. The van der Waals surface area contributed by atoms with Gasteiger partial charge in [0, 0.05) is 19.3 Å². The van der Waals surface area contributed by atoms with Crippen molar-refractivity contribution in [3.05, 3.63) is 22.7 Å². The average Bonchev–Trinajstić information content (AvgIpc) is 2.73. The molecule has 0 atom stereocenters. The van der Waals surface area contributed by atoms with Crippen molar-refractivity contribution in [3.8, 4) is 0 Å². The number of aryl methyl sites for hydroxylation is 1. The molecule has 1 saturated heterocycles. The molecule has 17 heavy (non-hydrogen) atoms. The fourth-order valence-electron chi connectivity index (χ4n) is 2.12. The molecule has 1 fully saturated rings. The van der Waals surface area contributed by atoms with Crippen LogP contribution < -0.4 is 4.90 Å². The standard InChI is InChI=1S/C12H16ClNO2S/c1-9-7-10(17(2,15)16)8-11(12(9)13)14-5-3-4-6-14/h7-8H,3-6H2,1-2H3. The van der Waals surface area contributed by atoms with Crippen molar-refractivity contribution >= 4 is 27.1 Å². The van der Waals surface area contributed by atoms with Gasteiger partial charge in [-0.2, -0.15) is 0 Å². The van der Waals surface area contributed by atoms with Gasteiger partial charge in [-0.15, -0.1) is 0 Å². The fourth-order valence-corrected chi connectivity index (χ4v) is 3.07. The van der Waals surface area contributed by atoms with Crippen molar-refractivity contribution in [3.63, 3.8) is 0 Å². The summed E-state index contributed by atoms with van der Waals surface area (Å²) in [7, 11) is -3.18. The monoisotopic (exact) mass is 273 g/mol. The first-order valence-corrected chi connectivity index (χ1v) is 7.91. The van der Waals surface area contributed by atoms with Crippen molar-refractivity contribution < 1.29 is 8.42 Å². The van der Waals surface area contributed by atoms with Crippen LogP contribution in [0.4, 0.5) is 5.69 Å². The molecule has 1 aliphatic heterocycles. The Bertz CT molecular complexity index is 534. The average molecular weight is 274 g/mol. The minimum absolute atomic E-state index is 0.348. The molecule has 3 nitrogen and oxygen atoms in total. The Morgan fingerprint density at radius 3 is 2.35 bits per heavy atom. The number of hydrogen-bond donors (Lipinski definition) is 0. The molecule has 2 rings (SSSR count). The van der Waals surface area contributed by atoms with Gasteiger partial charge in [-0.3, -0.25) is 0 Å². The van der Waals surface area contributed by atoms with Crippen molar-refractivity contribution in [2.45, 2.75) is 24.7 Å². The predicted molar refractivity (Wildman–Crippen MR) is 70.7 cm³/mol. The summed E-state index contributed by atoms with van der Waals surface area (Å²) in [6.07, 6.45) is 3.50. The topological polar surface area (TPSA) is 37.4 Å². The van der Waals surface area contributed by atoms with E-state index < -0.39 is 9.84 Å². The van der Waals surface area contributed by atoms with Crippen molar-refractivity contribution in [2.75, 3.05) is 24.2 Å². The zero-order valence-corrected chi connectivity index (χ0v) is 11.6. The second-order valence-electron chi connectivity index (χ2n) is 4.54. The molecule has 0 radical (unpaired) electrons. The quantitative estimate of drug-likeness (QED) is 0.831. The smallest absolute Gasteiger partial charge is 0.175 e. The Labute approximate surface area is 107 Å². The molecule has 94 valence electrons. The van der Waals surface area contributed by atoms with Gasteiger partial charge in [0.2, 0.25) is 0 Å². The number of anilines is 1. The third-order valence-electron chi connectivity index (χ3n) is 3.08. The van der Waals surface area contributed by atoms with E-state index in [0.717, 1.165) is 37.2 Å². The maximum atomic E-state index is 11.6. The van der Waals surface area contributed by atoms with E-state index in [4.69, 9.17) is 11.6 Å². The summed E-state index contributed by atoms with van der Waals surface area (Å²) in [5.41, 5.74) is 1.67. The normalized spacial score (nSPS) is 16.5. The highest BCUT2D eigenvalue weighted by atomic mass is 35.5. The molecule has 0 N–H and O–H groups in total. The van der Waals surface area contributed by atoms with Gasteiger partial charge in [-0.05, 0) is 37.5 Å². The van der Waals surface area contributed by atoms with E-state index >= 15 is 0 Å². The molecular formula is C12H16ClNO2S. The number of sulfone groups is 1. The van der Waals surface area contributed by atoms with Crippen LogP contribution in [0, 0.1) is 6.92 Å². The lowest BCUT2D eigenvalue weighted by molar-refractivity contribution is 0.602. The van der Waals surface area contributed by atoms with E-state index in [1.165, 1.54) is 6.26 Å². The van der Waals surface area contributed by atoms with E-state index in [2.05, 4.69) is 4.90 Å². The minimum atomic E-state index is -3.18. The van der Waals surface area contributed by atoms with Crippen molar-refractivity contribution in [1.29, 1.82) is 0 Å². The lowest BCUT2D eigenvalue weighted by Gasteiger charge is -2.21. The Hall–Kier alpha value is -0.740. The van der Waals surface area contributed by atoms with Crippen LogP contribution in [0.25, 0.3) is 0 Å². The summed E-state index contributed by atoms with van der Waals surface area (Å²) in [6, 6.07) is 3.33. The Morgan fingerprint density at radius 2 is 1.82 bits per heavy atom. The second-order valence-corrected chi connectivity index (χ2v) is 6.93. The molecule has 0 aromatic heterocycles. The maximum Gasteiger partial charge on any atom is 0.175 e. The molecule has 5 heteroatoms. The molecule has 0 unspecified atom stereocenters. The van der Waals surface area contributed by atoms with Crippen LogP contribution in [0.1, 0.15) is 18.4 Å². The lowest BCUT2D eigenvalue weighted by Crippen LogP contribution is -2.18. The van der Waals surface area contributed by atoms with Gasteiger partial charge in [0.1, 0.15) is 0 Å². The van der Waals surface area contributed by atoms with Gasteiger partial charge in [-0.1, -0.05) is 11.6 Å². The molecule has 0 saturated carbocycles. The van der Waals surface area contributed by atoms with Crippen molar-refractivity contribution in [2.24, 2.45) is 0 Å². The molecule has 1 heterocycles. The van der Waals surface area contributed by atoms with Crippen LogP contribution in [0.2, 0.25) is 5.02 Å². The molecule has 0 spiro atoms. The number of nitrogens with zero attached hydrogens (tertiary/aromatic N) is 1. The summed E-state index contributed by atoms with van der Waals surface area (Å²) in [6.45, 7) is 3.75. The largest absolute Gasteiger partial charge is 0.370 e. The molecule has 0 aliphatic carbocycles. The van der Waals surface area contributed by atoms with Crippen LogP contribution in [-0.2, 0) is 9.84 Å². The molecule has 1 aromatic rings. The van der Waals surface area contributed by atoms with Crippen LogP contribution in [0.3, 0.4) is 0 Å². The summed E-state index contributed by atoms with van der Waals surface area (Å²) in [5, 5.41) is 0.666. The van der Waals surface area contributed by atoms with E-state index in [9.17, 15) is 8.42 Å². The van der Waals surface area contributed by atoms with Gasteiger partial charge < -0.3 is 4.90 Å². The molecular weight excluding hydrogens is 258 g/mol. The van der Waals surface area contributed by atoms with Gasteiger partial charge in [0.25, 0.3) is 0 Å². The van der Waals surface area contributed by atoms with E-state index in [-0.39, 0.29) is 0 Å². The van der Waals surface area contributed by atoms with Crippen LogP contribution >= 0.6 is 11.6 Å². The van der Waals surface area contributed by atoms with E-state index in [0.29, 0.717) is 9.92 Å². The maximum absolute atomic E-state index is 11.6. The van der Waals surface area contributed by atoms with E-state index in [1.807, 2.05) is 6.92 Å². The van der Waals surface area contributed by atoms with E-state index in [1.54, 1.807) is 12.1 Å². The number of benzene rings is 1. The zero-order chi connectivity index (χ0) is 12.6. The second kappa shape index (κ2) is 4.50. The third-order valence-corrected chi connectivity index (χ3v) is 4.67. The Kier molecular flexibility index (Phi) is 3.36. The lowest BCUT2D eigenvalue weighted by atomic mass is 10.2. The van der Waals surface area contributed by atoms with Gasteiger partial charge >= 0.3 is 0 Å². The Balaban J connectivity index is 2.54. The van der Waals surface area contributed by atoms with Crippen LogP contribution in [0.5, 0.6) is 0 Å². The first kappa shape index (κ1) is 12.7. The van der Waals surface area contributed by atoms with Gasteiger partial charge in [0.05, 0.1) is 15.6 Å². The first-order chi connectivity index (χ1) is 7.89. The van der Waals surface area contributed by atoms with Crippen molar-refractivity contribution in [1.82, 2.24) is 0 Å². The highest BCUT2D eigenvalue weighted by Crippen LogP contribution is 2.33. The number of halogens is 1. The highest BCUT2D eigenvalue weighted by Gasteiger charge is 2.19. The molecule has 1 aliphatic rings. The number of hydrogen-bond acceptors (Lipinski definition) is 3. The summed E-state index contributed by atoms with van der Waals surface area (Å²) >= 11 is 6.26. The minimum Gasteiger partial charge on any atom is -0.370 e. The van der Waals surface area contributed by atoms with Crippen LogP contribution in [-0.4, -0.2) is 27.8 Å². The van der Waals surface area contributed by atoms with Gasteiger partial charge in [0.15, 0.2) is 9.84 Å². The highest BCUT2D eigenvalue weighted by molar-refractivity contribution is 7.90. The van der Waals surface area contributed by atoms with Gasteiger partial charge in [-0.25, -0.2) is 8.42 Å².